The summed E-state index contributed by atoms with van der Waals surface area (Å²) in [6.07, 6.45) is 4.55. The summed E-state index contributed by atoms with van der Waals surface area (Å²) < 4.78 is 24.6. The second-order valence-electron chi connectivity index (χ2n) is 3.84. The molecule has 1 aromatic carbocycles. The first-order valence-corrected chi connectivity index (χ1v) is 7.22. The number of imidazole rings is 1. The number of anilines is 2. The lowest BCUT2D eigenvalue weighted by atomic mass is 10.3. The predicted octanol–water partition coefficient (Wildman–Crippen LogP) is 1.39. The fourth-order valence-corrected chi connectivity index (χ4v) is 2.04. The first kappa shape index (κ1) is 12.4. The molecule has 2 aromatic rings. The van der Waals surface area contributed by atoms with Gasteiger partial charge in [0.05, 0.1) is 18.5 Å². The van der Waals surface area contributed by atoms with Gasteiger partial charge in [0.1, 0.15) is 5.82 Å². The van der Waals surface area contributed by atoms with Crippen LogP contribution in [0.4, 0.5) is 11.4 Å². The van der Waals surface area contributed by atoms with Crippen LogP contribution in [-0.4, -0.2) is 24.6 Å². The molecule has 0 amide bonds. The molecule has 0 saturated heterocycles. The van der Waals surface area contributed by atoms with Crippen molar-refractivity contribution in [3.8, 4) is 0 Å². The van der Waals surface area contributed by atoms with E-state index in [1.54, 1.807) is 30.6 Å². The van der Waals surface area contributed by atoms with Crippen LogP contribution >= 0.6 is 0 Å². The van der Waals surface area contributed by atoms with Crippen molar-refractivity contribution in [3.63, 3.8) is 0 Å². The van der Waals surface area contributed by atoms with Crippen molar-refractivity contribution in [3.05, 3.63) is 42.5 Å². The first-order valence-electron chi connectivity index (χ1n) is 5.33. The zero-order valence-corrected chi connectivity index (χ0v) is 10.7. The Morgan fingerprint density at radius 1 is 1.33 bits per heavy atom. The van der Waals surface area contributed by atoms with Gasteiger partial charge in [-0.05, 0) is 18.2 Å². The monoisotopic (exact) mass is 266 g/mol. The second-order valence-corrected chi connectivity index (χ2v) is 5.59. The van der Waals surface area contributed by atoms with E-state index in [4.69, 9.17) is 0 Å². The largest absolute Gasteiger partial charge is 0.378 e. The van der Waals surface area contributed by atoms with Gasteiger partial charge >= 0.3 is 0 Å². The Morgan fingerprint density at radius 2 is 2.11 bits per heavy atom. The first-order chi connectivity index (χ1) is 8.53. The van der Waals surface area contributed by atoms with Crippen molar-refractivity contribution < 1.29 is 8.42 Å². The summed E-state index contributed by atoms with van der Waals surface area (Å²) in [5, 5.41) is 3.14. The molecule has 0 bridgehead atoms. The van der Waals surface area contributed by atoms with E-state index in [1.807, 2.05) is 6.07 Å². The van der Waals surface area contributed by atoms with E-state index >= 15 is 0 Å². The molecule has 2 rings (SSSR count). The molecular formula is C11H14N4O2S. The van der Waals surface area contributed by atoms with Gasteiger partial charge in [0.2, 0.25) is 10.0 Å². The van der Waals surface area contributed by atoms with Crippen molar-refractivity contribution in [2.24, 2.45) is 0 Å². The molecule has 0 aliphatic carbocycles. The number of hydrogen-bond acceptors (Lipinski definition) is 4. The molecule has 3 N–H and O–H groups in total. The van der Waals surface area contributed by atoms with Crippen LogP contribution in [0.1, 0.15) is 5.82 Å². The van der Waals surface area contributed by atoms with Gasteiger partial charge in [-0.25, -0.2) is 13.4 Å². The molecule has 0 aliphatic rings. The van der Waals surface area contributed by atoms with Crippen LogP contribution in [0.3, 0.4) is 0 Å². The molecule has 0 atom stereocenters. The molecular weight excluding hydrogens is 252 g/mol. The molecule has 0 fully saturated rings. The van der Waals surface area contributed by atoms with Crippen molar-refractivity contribution in [2.45, 2.75) is 6.54 Å². The summed E-state index contributed by atoms with van der Waals surface area (Å²) in [6, 6.07) is 7.05. The molecule has 1 heterocycles. The number of nitrogens with zero attached hydrogens (tertiary/aromatic N) is 1. The van der Waals surface area contributed by atoms with Crippen molar-refractivity contribution in [2.75, 3.05) is 16.3 Å². The number of benzene rings is 1. The highest BCUT2D eigenvalue weighted by Gasteiger charge is 2.02. The van der Waals surface area contributed by atoms with Crippen molar-refractivity contribution in [1.29, 1.82) is 0 Å². The lowest BCUT2D eigenvalue weighted by Gasteiger charge is -2.08. The lowest BCUT2D eigenvalue weighted by Crippen LogP contribution is -2.09. The fraction of sp³-hybridized carbons (Fsp3) is 0.182. The molecule has 0 unspecified atom stereocenters. The molecule has 7 heteroatoms. The zero-order chi connectivity index (χ0) is 13.0. The van der Waals surface area contributed by atoms with Crippen LogP contribution in [0.25, 0.3) is 0 Å². The zero-order valence-electron chi connectivity index (χ0n) is 9.84. The Morgan fingerprint density at radius 3 is 2.78 bits per heavy atom. The minimum atomic E-state index is -3.25. The average Bonchev–Trinajstić information content (AvgIpc) is 2.77. The maximum Gasteiger partial charge on any atom is 0.229 e. The van der Waals surface area contributed by atoms with Gasteiger partial charge in [0.25, 0.3) is 0 Å². The Kier molecular flexibility index (Phi) is 3.52. The third-order valence-electron chi connectivity index (χ3n) is 2.18. The van der Waals surface area contributed by atoms with Crippen LogP contribution in [0.5, 0.6) is 0 Å². The fourth-order valence-electron chi connectivity index (χ4n) is 1.49. The number of rotatable bonds is 5. The molecule has 1 aromatic heterocycles. The molecule has 0 saturated carbocycles. The third kappa shape index (κ3) is 3.77. The number of H-pyrrole nitrogens is 1. The molecule has 0 spiro atoms. The van der Waals surface area contributed by atoms with Crippen LogP contribution in [0.2, 0.25) is 0 Å². The topological polar surface area (TPSA) is 86.9 Å². The van der Waals surface area contributed by atoms with E-state index in [1.165, 1.54) is 0 Å². The lowest BCUT2D eigenvalue weighted by molar-refractivity contribution is 0.607. The van der Waals surface area contributed by atoms with Crippen molar-refractivity contribution in [1.82, 2.24) is 9.97 Å². The number of hydrogen-bond donors (Lipinski definition) is 3. The normalized spacial score (nSPS) is 11.2. The minimum Gasteiger partial charge on any atom is -0.378 e. The van der Waals surface area contributed by atoms with E-state index in [2.05, 4.69) is 20.0 Å². The minimum absolute atomic E-state index is 0.530. The number of sulfonamides is 1. The Hall–Kier alpha value is -2.02. The maximum atomic E-state index is 11.1. The van der Waals surface area contributed by atoms with Crippen molar-refractivity contribution >= 4 is 21.4 Å². The third-order valence-corrected chi connectivity index (χ3v) is 2.79. The quantitative estimate of drug-likeness (QED) is 0.763. The smallest absolute Gasteiger partial charge is 0.229 e. The summed E-state index contributed by atoms with van der Waals surface area (Å²) in [5.74, 6) is 0.816. The van der Waals surface area contributed by atoms with E-state index < -0.39 is 10.0 Å². The predicted molar refractivity (Wildman–Crippen MR) is 70.8 cm³/mol. The van der Waals surface area contributed by atoms with Crippen LogP contribution in [0.15, 0.2) is 36.7 Å². The standard InChI is InChI=1S/C11H14N4O2S/c1-18(16,17)15-10-4-2-3-9(7-10)14-8-11-12-5-6-13-11/h2-7,14-15H,8H2,1H3,(H,12,13). The molecule has 18 heavy (non-hydrogen) atoms. The van der Waals surface area contributed by atoms with Gasteiger partial charge in [0, 0.05) is 18.1 Å². The van der Waals surface area contributed by atoms with E-state index in [0.717, 1.165) is 17.8 Å². The molecule has 96 valence electrons. The molecule has 6 nitrogen and oxygen atoms in total. The molecule has 0 aliphatic heterocycles. The number of aromatic nitrogens is 2. The van der Waals surface area contributed by atoms with Crippen LogP contribution < -0.4 is 10.0 Å². The van der Waals surface area contributed by atoms with Gasteiger partial charge in [0.15, 0.2) is 0 Å². The summed E-state index contributed by atoms with van der Waals surface area (Å²) >= 11 is 0. The summed E-state index contributed by atoms with van der Waals surface area (Å²) in [5.41, 5.74) is 1.35. The van der Waals surface area contributed by atoms with Gasteiger partial charge in [-0.3, -0.25) is 4.72 Å². The van der Waals surface area contributed by atoms with Gasteiger partial charge in [-0.15, -0.1) is 0 Å². The van der Waals surface area contributed by atoms with Gasteiger partial charge in [-0.1, -0.05) is 6.07 Å². The highest BCUT2D eigenvalue weighted by molar-refractivity contribution is 7.92. The Bertz CT molecular complexity index is 608. The van der Waals surface area contributed by atoms with E-state index in [-0.39, 0.29) is 0 Å². The highest BCUT2D eigenvalue weighted by Crippen LogP contribution is 2.16. The van der Waals surface area contributed by atoms with Crippen LogP contribution in [0, 0.1) is 0 Å². The average molecular weight is 266 g/mol. The second kappa shape index (κ2) is 5.09. The Balaban J connectivity index is 2.03. The number of aromatic amines is 1. The summed E-state index contributed by atoms with van der Waals surface area (Å²) in [4.78, 5) is 7.06. The van der Waals surface area contributed by atoms with Crippen LogP contribution in [-0.2, 0) is 16.6 Å². The van der Waals surface area contributed by atoms with E-state index in [9.17, 15) is 8.42 Å². The molecule has 0 radical (unpaired) electrons. The number of nitrogens with one attached hydrogen (secondary N) is 3. The SMILES string of the molecule is CS(=O)(=O)Nc1cccc(NCc2ncc[nH]2)c1. The van der Waals surface area contributed by atoms with E-state index in [0.29, 0.717) is 12.2 Å². The van der Waals surface area contributed by atoms with Gasteiger partial charge in [-0.2, -0.15) is 0 Å². The summed E-state index contributed by atoms with van der Waals surface area (Å²) in [6.45, 7) is 0.551. The van der Waals surface area contributed by atoms with Gasteiger partial charge < -0.3 is 10.3 Å². The highest BCUT2D eigenvalue weighted by atomic mass is 32.2. The maximum absolute atomic E-state index is 11.1. The summed E-state index contributed by atoms with van der Waals surface area (Å²) in [7, 11) is -3.25. The Labute approximate surface area is 106 Å².